The van der Waals surface area contributed by atoms with Gasteiger partial charge in [-0.15, -0.1) is 0 Å². The predicted molar refractivity (Wildman–Crippen MR) is 58.2 cm³/mol. The molecule has 2 aliphatic carbocycles. The number of fused-ring (bicyclic) bond motifs is 1. The zero-order valence-corrected chi connectivity index (χ0v) is 9.43. The van der Waals surface area contributed by atoms with Gasteiger partial charge in [0.25, 0.3) is 0 Å². The highest BCUT2D eigenvalue weighted by Crippen LogP contribution is 2.76. The van der Waals surface area contributed by atoms with E-state index in [1.807, 2.05) is 18.2 Å². The molecule has 0 nitrogen and oxygen atoms in total. The molecule has 3 atom stereocenters. The minimum absolute atomic E-state index is 0.200. The first kappa shape index (κ1) is 8.90. The average Bonchev–Trinajstić information content (AvgIpc) is 2.57. The summed E-state index contributed by atoms with van der Waals surface area (Å²) in [7, 11) is 0. The normalized spacial score (nSPS) is 44.9. The van der Waals surface area contributed by atoms with Crippen LogP contribution < -0.4 is 0 Å². The molecule has 14 heavy (non-hydrogen) atoms. The van der Waals surface area contributed by atoms with Crippen LogP contribution in [0.5, 0.6) is 0 Å². The van der Waals surface area contributed by atoms with Crippen LogP contribution in [0.25, 0.3) is 0 Å². The lowest BCUT2D eigenvalue weighted by Gasteiger charge is -2.15. The van der Waals surface area contributed by atoms with Crippen LogP contribution in [-0.4, -0.2) is 4.58 Å². The molecular weight excluding hydrogens is 243 g/mol. The van der Waals surface area contributed by atoms with Gasteiger partial charge in [-0.3, -0.25) is 0 Å². The molecule has 0 N–H and O–H groups in total. The minimum Gasteiger partial charge on any atom is -0.230 e. The van der Waals surface area contributed by atoms with E-state index >= 15 is 0 Å². The SMILES string of the molecule is FC1(Br)C2CCCC21c1ccccc1. The van der Waals surface area contributed by atoms with Crippen molar-refractivity contribution in [2.24, 2.45) is 5.92 Å². The number of alkyl halides is 2. The van der Waals surface area contributed by atoms with E-state index in [2.05, 4.69) is 28.1 Å². The second-order valence-electron chi connectivity index (χ2n) is 4.41. The van der Waals surface area contributed by atoms with Gasteiger partial charge in [0.05, 0.1) is 0 Å². The van der Waals surface area contributed by atoms with Crippen molar-refractivity contribution < 1.29 is 4.39 Å². The van der Waals surface area contributed by atoms with Crippen molar-refractivity contribution in [2.45, 2.75) is 29.3 Å². The smallest absolute Gasteiger partial charge is 0.178 e. The molecule has 0 aliphatic heterocycles. The summed E-state index contributed by atoms with van der Waals surface area (Å²) in [5, 5.41) is 0. The maximum atomic E-state index is 14.2. The third kappa shape index (κ3) is 0.837. The predicted octanol–water partition coefficient (Wildman–Crippen LogP) is 3.80. The van der Waals surface area contributed by atoms with Crippen LogP contribution >= 0.6 is 15.9 Å². The van der Waals surface area contributed by atoms with Crippen LogP contribution in [-0.2, 0) is 5.41 Å². The van der Waals surface area contributed by atoms with E-state index in [-0.39, 0.29) is 11.3 Å². The Bertz CT molecular complexity index is 360. The molecule has 0 saturated heterocycles. The summed E-state index contributed by atoms with van der Waals surface area (Å²) in [6.07, 6.45) is 3.18. The summed E-state index contributed by atoms with van der Waals surface area (Å²) in [5.74, 6) is 0.206. The first-order valence-electron chi connectivity index (χ1n) is 5.13. The molecule has 74 valence electrons. The minimum atomic E-state index is -1.13. The highest BCUT2D eigenvalue weighted by molar-refractivity contribution is 9.10. The molecule has 3 unspecified atom stereocenters. The molecule has 2 saturated carbocycles. The Kier molecular flexibility index (Phi) is 1.65. The van der Waals surface area contributed by atoms with E-state index < -0.39 is 4.58 Å². The summed E-state index contributed by atoms with van der Waals surface area (Å²) in [6.45, 7) is 0. The summed E-state index contributed by atoms with van der Waals surface area (Å²) >= 11 is 3.26. The summed E-state index contributed by atoms with van der Waals surface area (Å²) in [6, 6.07) is 10.1. The molecule has 0 bridgehead atoms. The third-order valence-electron chi connectivity index (χ3n) is 3.90. The van der Waals surface area contributed by atoms with E-state index in [0.29, 0.717) is 0 Å². The van der Waals surface area contributed by atoms with Gasteiger partial charge in [-0.05, 0) is 34.3 Å². The summed E-state index contributed by atoms with van der Waals surface area (Å²) < 4.78 is 13.0. The van der Waals surface area contributed by atoms with Gasteiger partial charge in [0.1, 0.15) is 0 Å². The first-order chi connectivity index (χ1) is 6.69. The van der Waals surface area contributed by atoms with Crippen molar-refractivity contribution in [1.29, 1.82) is 0 Å². The fraction of sp³-hybridized carbons (Fsp3) is 0.500. The van der Waals surface area contributed by atoms with Gasteiger partial charge in [-0.2, -0.15) is 0 Å². The number of rotatable bonds is 1. The standard InChI is InChI=1S/C12H12BrF/c13-12(14)10-7-4-8-11(10,12)9-5-2-1-3-6-9/h1-3,5-6,10H,4,7-8H2. The van der Waals surface area contributed by atoms with E-state index in [1.54, 1.807) is 0 Å². The molecule has 0 spiro atoms. The lowest BCUT2D eigenvalue weighted by atomic mass is 9.93. The quantitative estimate of drug-likeness (QED) is 0.669. The zero-order valence-electron chi connectivity index (χ0n) is 7.84. The fourth-order valence-corrected chi connectivity index (χ4v) is 4.37. The Labute approximate surface area is 91.6 Å². The van der Waals surface area contributed by atoms with Crippen molar-refractivity contribution in [3.8, 4) is 0 Å². The molecule has 3 rings (SSSR count). The van der Waals surface area contributed by atoms with Crippen LogP contribution in [0.2, 0.25) is 0 Å². The molecule has 1 aromatic carbocycles. The van der Waals surface area contributed by atoms with E-state index in [9.17, 15) is 4.39 Å². The van der Waals surface area contributed by atoms with Crippen LogP contribution in [0.15, 0.2) is 30.3 Å². The van der Waals surface area contributed by atoms with Gasteiger partial charge in [0, 0.05) is 11.3 Å². The van der Waals surface area contributed by atoms with Gasteiger partial charge in [0.15, 0.2) is 4.58 Å². The van der Waals surface area contributed by atoms with Crippen LogP contribution in [0.4, 0.5) is 4.39 Å². The molecular formula is C12H12BrF. The van der Waals surface area contributed by atoms with Crippen LogP contribution in [0.3, 0.4) is 0 Å². The monoisotopic (exact) mass is 254 g/mol. The van der Waals surface area contributed by atoms with Crippen LogP contribution in [0.1, 0.15) is 24.8 Å². The molecule has 0 heterocycles. The molecule has 2 aliphatic rings. The maximum Gasteiger partial charge on any atom is 0.178 e. The highest BCUT2D eigenvalue weighted by atomic mass is 79.9. The number of benzene rings is 1. The molecule has 0 aromatic heterocycles. The summed E-state index contributed by atoms with van der Waals surface area (Å²) in [5.41, 5.74) is 0.968. The first-order valence-corrected chi connectivity index (χ1v) is 5.92. The molecule has 0 radical (unpaired) electrons. The third-order valence-corrected chi connectivity index (χ3v) is 5.16. The maximum absolute atomic E-state index is 14.2. The van der Waals surface area contributed by atoms with Gasteiger partial charge >= 0.3 is 0 Å². The van der Waals surface area contributed by atoms with Crippen molar-refractivity contribution in [1.82, 2.24) is 0 Å². The van der Waals surface area contributed by atoms with Gasteiger partial charge < -0.3 is 0 Å². The van der Waals surface area contributed by atoms with E-state index in [1.165, 1.54) is 5.56 Å². The highest BCUT2D eigenvalue weighted by Gasteiger charge is 2.79. The second-order valence-corrected chi connectivity index (χ2v) is 5.56. The summed E-state index contributed by atoms with van der Waals surface area (Å²) in [4.78, 5) is 0. The second kappa shape index (κ2) is 2.60. The Balaban J connectivity index is 2.07. The Hall–Kier alpha value is -0.370. The van der Waals surface area contributed by atoms with Crippen molar-refractivity contribution in [3.63, 3.8) is 0 Å². The lowest BCUT2D eigenvalue weighted by Crippen LogP contribution is -2.14. The average molecular weight is 255 g/mol. The molecule has 0 amide bonds. The number of hydrogen-bond acceptors (Lipinski definition) is 0. The van der Waals surface area contributed by atoms with Crippen LogP contribution in [0, 0.1) is 5.92 Å². The van der Waals surface area contributed by atoms with Gasteiger partial charge in [0.2, 0.25) is 0 Å². The molecule has 2 fully saturated rings. The van der Waals surface area contributed by atoms with Crippen molar-refractivity contribution in [3.05, 3.63) is 35.9 Å². The Morgan fingerprint density at radius 3 is 2.57 bits per heavy atom. The lowest BCUT2D eigenvalue weighted by molar-refractivity contribution is 0.352. The van der Waals surface area contributed by atoms with E-state index in [0.717, 1.165) is 19.3 Å². The fourth-order valence-electron chi connectivity index (χ4n) is 3.16. The zero-order chi connectivity index (χ0) is 9.81. The number of hydrogen-bond donors (Lipinski definition) is 0. The Morgan fingerprint density at radius 1 is 1.29 bits per heavy atom. The van der Waals surface area contributed by atoms with Gasteiger partial charge in [-0.1, -0.05) is 36.8 Å². The van der Waals surface area contributed by atoms with Crippen molar-refractivity contribution >= 4 is 15.9 Å². The molecule has 1 aromatic rings. The topological polar surface area (TPSA) is 0 Å². The number of halogens is 2. The Morgan fingerprint density at radius 2 is 2.00 bits per heavy atom. The van der Waals surface area contributed by atoms with Crippen molar-refractivity contribution in [2.75, 3.05) is 0 Å². The molecule has 2 heteroatoms. The van der Waals surface area contributed by atoms with E-state index in [4.69, 9.17) is 0 Å². The van der Waals surface area contributed by atoms with Gasteiger partial charge in [-0.25, -0.2) is 4.39 Å². The largest absolute Gasteiger partial charge is 0.230 e.